The van der Waals surface area contributed by atoms with Gasteiger partial charge in [-0.2, -0.15) is 0 Å². The Balaban J connectivity index is 0.00000324. The van der Waals surface area contributed by atoms with Crippen molar-refractivity contribution in [3.63, 3.8) is 0 Å². The molecule has 19 heavy (non-hydrogen) atoms. The summed E-state index contributed by atoms with van der Waals surface area (Å²) in [5, 5.41) is 3.39. The van der Waals surface area contributed by atoms with Gasteiger partial charge >= 0.3 is 0 Å². The van der Waals surface area contributed by atoms with Crippen LogP contribution in [0, 0.1) is 11.7 Å². The first-order chi connectivity index (χ1) is 8.42. The third-order valence-corrected chi connectivity index (χ3v) is 3.61. The van der Waals surface area contributed by atoms with E-state index < -0.39 is 0 Å². The number of methoxy groups -OCH3 is 1. The van der Waals surface area contributed by atoms with Crippen molar-refractivity contribution in [2.45, 2.75) is 32.9 Å². The summed E-state index contributed by atoms with van der Waals surface area (Å²) in [4.78, 5) is 0. The Labute approximate surface area is 121 Å². The molecule has 1 unspecified atom stereocenters. The van der Waals surface area contributed by atoms with Gasteiger partial charge in [-0.3, -0.25) is 0 Å². The van der Waals surface area contributed by atoms with Gasteiger partial charge in [-0.25, -0.2) is 4.39 Å². The van der Waals surface area contributed by atoms with Crippen molar-refractivity contribution in [1.29, 1.82) is 0 Å². The van der Waals surface area contributed by atoms with Crippen LogP contribution >= 0.6 is 12.4 Å². The van der Waals surface area contributed by atoms with Gasteiger partial charge in [0.2, 0.25) is 0 Å². The third kappa shape index (κ3) is 4.64. The van der Waals surface area contributed by atoms with Crippen LogP contribution in [-0.4, -0.2) is 19.2 Å². The molecule has 0 aromatic heterocycles. The molecule has 0 heterocycles. The first kappa shape index (κ1) is 18.2. The van der Waals surface area contributed by atoms with Crippen LogP contribution < -0.4 is 15.8 Å². The molecule has 1 rings (SSSR count). The fourth-order valence-electron chi connectivity index (χ4n) is 1.64. The Morgan fingerprint density at radius 3 is 2.47 bits per heavy atom. The molecule has 0 bridgehead atoms. The standard InChI is InChI=1S/C14H23FN2O.ClH/c1-10(2)14(3,9-16)17-8-11-5-6-13(18-4)12(15)7-11;/h5-7,10,17H,8-9,16H2,1-4H3;1H. The Bertz CT molecular complexity index is 401. The van der Waals surface area contributed by atoms with Gasteiger partial charge < -0.3 is 15.8 Å². The number of hydrogen-bond acceptors (Lipinski definition) is 3. The number of hydrogen-bond donors (Lipinski definition) is 2. The summed E-state index contributed by atoms with van der Waals surface area (Å²) >= 11 is 0. The predicted molar refractivity (Wildman–Crippen MR) is 79.3 cm³/mol. The molecule has 0 radical (unpaired) electrons. The number of ether oxygens (including phenoxy) is 1. The van der Waals surface area contributed by atoms with Gasteiger partial charge in [0.25, 0.3) is 0 Å². The summed E-state index contributed by atoms with van der Waals surface area (Å²) in [6, 6.07) is 4.98. The van der Waals surface area contributed by atoms with Crippen LogP contribution in [0.1, 0.15) is 26.3 Å². The average Bonchev–Trinajstić information content (AvgIpc) is 2.35. The Morgan fingerprint density at radius 2 is 2.05 bits per heavy atom. The van der Waals surface area contributed by atoms with E-state index in [0.29, 0.717) is 19.0 Å². The quantitative estimate of drug-likeness (QED) is 0.847. The normalized spacial score (nSPS) is 13.8. The lowest BCUT2D eigenvalue weighted by molar-refractivity contribution is 0.267. The first-order valence-corrected chi connectivity index (χ1v) is 6.20. The molecule has 1 atom stereocenters. The predicted octanol–water partition coefficient (Wildman–Crippen LogP) is 2.72. The van der Waals surface area contributed by atoms with E-state index in [1.807, 2.05) is 6.07 Å². The maximum Gasteiger partial charge on any atom is 0.165 e. The monoisotopic (exact) mass is 290 g/mol. The molecule has 1 aromatic carbocycles. The molecule has 0 aliphatic rings. The van der Waals surface area contributed by atoms with Gasteiger partial charge in [-0.05, 0) is 30.5 Å². The van der Waals surface area contributed by atoms with E-state index in [9.17, 15) is 4.39 Å². The highest BCUT2D eigenvalue weighted by Crippen LogP contribution is 2.19. The van der Waals surface area contributed by atoms with Crippen LogP contribution in [0.2, 0.25) is 0 Å². The number of rotatable bonds is 6. The summed E-state index contributed by atoms with van der Waals surface area (Å²) in [6.45, 7) is 7.45. The van der Waals surface area contributed by atoms with Crippen LogP contribution in [-0.2, 0) is 6.54 Å². The molecule has 3 nitrogen and oxygen atoms in total. The SMILES string of the molecule is COc1ccc(CNC(C)(CN)C(C)C)cc1F.Cl. The molecule has 0 aliphatic carbocycles. The van der Waals surface area contributed by atoms with Gasteiger partial charge in [0, 0.05) is 18.6 Å². The zero-order chi connectivity index (χ0) is 13.8. The fraction of sp³-hybridized carbons (Fsp3) is 0.571. The van der Waals surface area contributed by atoms with Crippen molar-refractivity contribution in [1.82, 2.24) is 5.32 Å². The van der Waals surface area contributed by atoms with Crippen molar-refractivity contribution >= 4 is 12.4 Å². The molecule has 0 saturated heterocycles. The van der Waals surface area contributed by atoms with Gasteiger partial charge in [0.15, 0.2) is 11.6 Å². The summed E-state index contributed by atoms with van der Waals surface area (Å²) in [5.74, 6) is 0.339. The van der Waals surface area contributed by atoms with Gasteiger partial charge in [0.1, 0.15) is 0 Å². The van der Waals surface area contributed by atoms with Crippen molar-refractivity contribution < 1.29 is 9.13 Å². The fourth-order valence-corrected chi connectivity index (χ4v) is 1.64. The molecule has 1 aromatic rings. The van der Waals surface area contributed by atoms with E-state index in [2.05, 4.69) is 26.1 Å². The molecular formula is C14H24ClFN2O. The zero-order valence-electron chi connectivity index (χ0n) is 12.0. The number of halogens is 2. The molecule has 110 valence electrons. The third-order valence-electron chi connectivity index (χ3n) is 3.61. The van der Waals surface area contributed by atoms with Gasteiger partial charge in [0.05, 0.1) is 7.11 Å². The molecule has 5 heteroatoms. The second-order valence-corrected chi connectivity index (χ2v) is 5.10. The minimum Gasteiger partial charge on any atom is -0.494 e. The molecule has 0 saturated carbocycles. The molecule has 0 amide bonds. The van der Waals surface area contributed by atoms with Crippen LogP contribution in [0.15, 0.2) is 18.2 Å². The molecular weight excluding hydrogens is 267 g/mol. The highest BCUT2D eigenvalue weighted by Gasteiger charge is 2.25. The summed E-state index contributed by atoms with van der Waals surface area (Å²) in [7, 11) is 1.46. The molecule has 3 N–H and O–H groups in total. The van der Waals surface area contributed by atoms with E-state index in [0.717, 1.165) is 5.56 Å². The number of nitrogens with two attached hydrogens (primary N) is 1. The summed E-state index contributed by atoms with van der Waals surface area (Å²) < 4.78 is 18.4. The van der Waals surface area contributed by atoms with E-state index in [-0.39, 0.29) is 29.5 Å². The Hall–Kier alpha value is -0.840. The second kappa shape index (κ2) is 7.68. The van der Waals surface area contributed by atoms with E-state index >= 15 is 0 Å². The van der Waals surface area contributed by atoms with Crippen LogP contribution in [0.4, 0.5) is 4.39 Å². The van der Waals surface area contributed by atoms with Crippen LogP contribution in [0.25, 0.3) is 0 Å². The van der Waals surface area contributed by atoms with Gasteiger partial charge in [-0.1, -0.05) is 19.9 Å². The molecule has 0 spiro atoms. The van der Waals surface area contributed by atoms with Crippen LogP contribution in [0.5, 0.6) is 5.75 Å². The summed E-state index contributed by atoms with van der Waals surface area (Å²) in [6.07, 6.45) is 0. The first-order valence-electron chi connectivity index (χ1n) is 6.20. The maximum absolute atomic E-state index is 13.5. The Kier molecular flexibility index (Phi) is 7.34. The van der Waals surface area contributed by atoms with Crippen molar-refractivity contribution in [2.75, 3.05) is 13.7 Å². The highest BCUT2D eigenvalue weighted by molar-refractivity contribution is 5.85. The largest absolute Gasteiger partial charge is 0.494 e. The smallest absolute Gasteiger partial charge is 0.165 e. The van der Waals surface area contributed by atoms with E-state index in [4.69, 9.17) is 10.5 Å². The Morgan fingerprint density at radius 1 is 1.42 bits per heavy atom. The average molecular weight is 291 g/mol. The lowest BCUT2D eigenvalue weighted by atomic mass is 9.88. The van der Waals surface area contributed by atoms with Crippen molar-refractivity contribution in [3.8, 4) is 5.75 Å². The van der Waals surface area contributed by atoms with Crippen molar-refractivity contribution in [3.05, 3.63) is 29.6 Å². The lowest BCUT2D eigenvalue weighted by Crippen LogP contribution is -2.52. The minimum atomic E-state index is -0.337. The van der Waals surface area contributed by atoms with Crippen molar-refractivity contribution in [2.24, 2.45) is 11.7 Å². The van der Waals surface area contributed by atoms with Gasteiger partial charge in [-0.15, -0.1) is 12.4 Å². The highest BCUT2D eigenvalue weighted by atomic mass is 35.5. The van der Waals surface area contributed by atoms with E-state index in [1.54, 1.807) is 6.07 Å². The number of benzene rings is 1. The minimum absolute atomic E-state index is 0. The molecule has 0 aliphatic heterocycles. The van der Waals surface area contributed by atoms with Crippen LogP contribution in [0.3, 0.4) is 0 Å². The van der Waals surface area contributed by atoms with E-state index in [1.165, 1.54) is 13.2 Å². The topological polar surface area (TPSA) is 47.3 Å². The summed E-state index contributed by atoms with van der Waals surface area (Å²) in [5.41, 5.74) is 6.53. The second-order valence-electron chi connectivity index (χ2n) is 5.10. The number of nitrogens with one attached hydrogen (secondary N) is 1. The lowest BCUT2D eigenvalue weighted by Gasteiger charge is -2.34. The zero-order valence-corrected chi connectivity index (χ0v) is 12.8. The molecule has 0 fully saturated rings. The maximum atomic E-state index is 13.5.